The molecule has 0 radical (unpaired) electrons. The fraction of sp³-hybridized carbons (Fsp3) is 0.200. The van der Waals surface area contributed by atoms with Crippen molar-refractivity contribution in [3.63, 3.8) is 0 Å². The van der Waals surface area contributed by atoms with Gasteiger partial charge < -0.3 is 4.74 Å². The third-order valence-corrected chi connectivity index (χ3v) is 1.77. The van der Waals surface area contributed by atoms with Crippen molar-refractivity contribution in [2.24, 2.45) is 0 Å². The minimum Gasteiger partial charge on any atom is -0.406 e. The third kappa shape index (κ3) is 4.10. The quantitative estimate of drug-likeness (QED) is 0.586. The Morgan fingerprint density at radius 1 is 1.31 bits per heavy atom. The van der Waals surface area contributed by atoms with E-state index in [0.717, 1.165) is 18.2 Å². The molecule has 1 rings (SSSR count). The Morgan fingerprint density at radius 3 is 2.56 bits per heavy atom. The zero-order valence-electron chi connectivity index (χ0n) is 7.89. The van der Waals surface area contributed by atoms with Gasteiger partial charge in [-0.2, -0.15) is 0 Å². The maximum absolute atomic E-state index is 13.1. The van der Waals surface area contributed by atoms with Crippen molar-refractivity contribution < 1.29 is 22.3 Å². The van der Waals surface area contributed by atoms with Crippen LogP contribution in [0.5, 0.6) is 5.75 Å². The SMILES string of the molecule is Fc1ccc(OC(F)(F)F)cc1C=CCCl. The Hall–Kier alpha value is -1.23. The molecule has 88 valence electrons. The van der Waals surface area contributed by atoms with E-state index in [4.69, 9.17) is 11.6 Å². The van der Waals surface area contributed by atoms with E-state index in [9.17, 15) is 17.6 Å². The van der Waals surface area contributed by atoms with Crippen LogP contribution in [0.15, 0.2) is 24.3 Å². The molecule has 0 saturated carbocycles. The summed E-state index contributed by atoms with van der Waals surface area (Å²) in [5.41, 5.74) is -0.0117. The highest BCUT2D eigenvalue weighted by molar-refractivity contribution is 6.19. The Labute approximate surface area is 94.3 Å². The van der Waals surface area contributed by atoms with Crippen LogP contribution in [-0.2, 0) is 0 Å². The van der Waals surface area contributed by atoms with Gasteiger partial charge in [-0.1, -0.05) is 12.2 Å². The maximum atomic E-state index is 13.1. The van der Waals surface area contributed by atoms with Crippen LogP contribution in [0.1, 0.15) is 5.56 Å². The Balaban J connectivity index is 2.94. The topological polar surface area (TPSA) is 9.23 Å². The van der Waals surface area contributed by atoms with Gasteiger partial charge in [0.25, 0.3) is 0 Å². The highest BCUT2D eigenvalue weighted by atomic mass is 35.5. The third-order valence-electron chi connectivity index (χ3n) is 1.59. The first-order valence-electron chi connectivity index (χ1n) is 4.20. The highest BCUT2D eigenvalue weighted by Gasteiger charge is 2.31. The summed E-state index contributed by atoms with van der Waals surface area (Å²) in [4.78, 5) is 0. The largest absolute Gasteiger partial charge is 0.573 e. The summed E-state index contributed by atoms with van der Waals surface area (Å²) in [7, 11) is 0. The molecule has 0 bridgehead atoms. The van der Waals surface area contributed by atoms with Crippen molar-refractivity contribution >= 4 is 17.7 Å². The lowest BCUT2D eigenvalue weighted by Gasteiger charge is -2.09. The number of halogens is 5. The number of hydrogen-bond donors (Lipinski definition) is 0. The van der Waals surface area contributed by atoms with Gasteiger partial charge in [-0.15, -0.1) is 24.8 Å². The van der Waals surface area contributed by atoms with Crippen LogP contribution in [0.2, 0.25) is 0 Å². The molecule has 1 aromatic carbocycles. The van der Waals surface area contributed by atoms with Crippen LogP contribution in [0.3, 0.4) is 0 Å². The molecular weight excluding hydrogens is 248 g/mol. The van der Waals surface area contributed by atoms with Crippen LogP contribution in [0.4, 0.5) is 17.6 Å². The van der Waals surface area contributed by atoms with Crippen LogP contribution >= 0.6 is 11.6 Å². The molecule has 0 spiro atoms. The van der Waals surface area contributed by atoms with Gasteiger partial charge in [-0.25, -0.2) is 4.39 Å². The van der Waals surface area contributed by atoms with E-state index in [0.29, 0.717) is 0 Å². The van der Waals surface area contributed by atoms with Crippen molar-refractivity contribution in [1.29, 1.82) is 0 Å². The summed E-state index contributed by atoms with van der Waals surface area (Å²) in [6, 6.07) is 2.75. The number of alkyl halides is 4. The maximum Gasteiger partial charge on any atom is 0.573 e. The van der Waals surface area contributed by atoms with E-state index in [-0.39, 0.29) is 11.4 Å². The second-order valence-corrected chi connectivity index (χ2v) is 3.10. The molecule has 1 aromatic rings. The van der Waals surface area contributed by atoms with Gasteiger partial charge in [0.05, 0.1) is 0 Å². The summed E-state index contributed by atoms with van der Waals surface area (Å²) in [5.74, 6) is -0.969. The Morgan fingerprint density at radius 2 is 2.00 bits per heavy atom. The molecule has 0 amide bonds. The van der Waals surface area contributed by atoms with Gasteiger partial charge in [0.15, 0.2) is 0 Å². The molecule has 0 aromatic heterocycles. The zero-order valence-corrected chi connectivity index (χ0v) is 8.65. The van der Waals surface area contributed by atoms with Crippen LogP contribution in [-0.4, -0.2) is 12.2 Å². The molecule has 0 saturated heterocycles. The second kappa shape index (κ2) is 5.21. The van der Waals surface area contributed by atoms with Crippen LogP contribution in [0.25, 0.3) is 6.08 Å². The second-order valence-electron chi connectivity index (χ2n) is 2.79. The molecule has 0 aliphatic rings. The molecule has 0 atom stereocenters. The Kier molecular flexibility index (Phi) is 4.18. The number of hydrogen-bond acceptors (Lipinski definition) is 1. The molecule has 0 heterocycles. The van der Waals surface area contributed by atoms with Crippen molar-refractivity contribution in [2.45, 2.75) is 6.36 Å². The van der Waals surface area contributed by atoms with Crippen molar-refractivity contribution in [2.75, 3.05) is 5.88 Å². The molecule has 16 heavy (non-hydrogen) atoms. The molecule has 0 fully saturated rings. The Bertz CT molecular complexity index is 387. The molecule has 0 unspecified atom stereocenters. The van der Waals surface area contributed by atoms with Crippen molar-refractivity contribution in [3.05, 3.63) is 35.7 Å². The van der Waals surface area contributed by atoms with Crippen LogP contribution < -0.4 is 4.74 Å². The van der Waals surface area contributed by atoms with E-state index in [1.807, 2.05) is 0 Å². The molecule has 0 aliphatic carbocycles. The van der Waals surface area contributed by atoms with E-state index in [1.54, 1.807) is 0 Å². The van der Waals surface area contributed by atoms with Gasteiger partial charge in [0.2, 0.25) is 0 Å². The summed E-state index contributed by atoms with van der Waals surface area (Å²) in [6.07, 6.45) is -2.09. The zero-order chi connectivity index (χ0) is 12.2. The summed E-state index contributed by atoms with van der Waals surface area (Å²) in [6.45, 7) is 0. The number of rotatable bonds is 3. The van der Waals surface area contributed by atoms with Gasteiger partial charge in [0, 0.05) is 11.4 Å². The monoisotopic (exact) mass is 254 g/mol. The van der Waals surface area contributed by atoms with Gasteiger partial charge in [-0.05, 0) is 18.2 Å². The van der Waals surface area contributed by atoms with Crippen molar-refractivity contribution in [3.8, 4) is 5.75 Å². The number of allylic oxidation sites excluding steroid dienone is 1. The molecule has 0 aliphatic heterocycles. The minimum atomic E-state index is -4.79. The first-order valence-corrected chi connectivity index (χ1v) is 4.73. The molecular formula is C10H7ClF4O. The normalized spacial score (nSPS) is 12.1. The average Bonchev–Trinajstić information content (AvgIpc) is 2.17. The predicted molar refractivity (Wildman–Crippen MR) is 52.8 cm³/mol. The van der Waals surface area contributed by atoms with Gasteiger partial charge >= 0.3 is 6.36 Å². The average molecular weight is 255 g/mol. The van der Waals surface area contributed by atoms with E-state index < -0.39 is 17.9 Å². The summed E-state index contributed by atoms with van der Waals surface area (Å²) >= 11 is 5.33. The molecule has 6 heteroatoms. The predicted octanol–water partition coefficient (Wildman–Crippen LogP) is 3.98. The highest BCUT2D eigenvalue weighted by Crippen LogP contribution is 2.25. The first kappa shape index (κ1) is 12.8. The van der Waals surface area contributed by atoms with E-state index in [1.165, 1.54) is 12.2 Å². The van der Waals surface area contributed by atoms with Crippen LogP contribution in [0, 0.1) is 5.82 Å². The lowest BCUT2D eigenvalue weighted by molar-refractivity contribution is -0.274. The lowest BCUT2D eigenvalue weighted by Crippen LogP contribution is -2.17. The summed E-state index contributed by atoms with van der Waals surface area (Å²) < 4.78 is 52.4. The molecule has 1 nitrogen and oxygen atoms in total. The van der Waals surface area contributed by atoms with E-state index >= 15 is 0 Å². The van der Waals surface area contributed by atoms with Gasteiger partial charge in [0.1, 0.15) is 11.6 Å². The first-order chi connectivity index (χ1) is 7.42. The fourth-order valence-corrected chi connectivity index (χ4v) is 1.11. The smallest absolute Gasteiger partial charge is 0.406 e. The molecule has 0 N–H and O–H groups in total. The fourth-order valence-electron chi connectivity index (χ4n) is 1.02. The lowest BCUT2D eigenvalue weighted by atomic mass is 10.2. The summed E-state index contributed by atoms with van der Waals surface area (Å²) in [5, 5.41) is 0. The number of ether oxygens (including phenoxy) is 1. The van der Waals surface area contributed by atoms with E-state index in [2.05, 4.69) is 4.74 Å². The standard InChI is InChI=1S/C10H7ClF4O/c11-5-1-2-7-6-8(3-4-9(7)12)16-10(13,14)15/h1-4,6H,5H2. The van der Waals surface area contributed by atoms with Crippen molar-refractivity contribution in [1.82, 2.24) is 0 Å². The minimum absolute atomic E-state index is 0.0117. The van der Waals surface area contributed by atoms with Gasteiger partial charge in [-0.3, -0.25) is 0 Å². The number of benzene rings is 1.